The van der Waals surface area contributed by atoms with E-state index in [1.807, 2.05) is 0 Å². The van der Waals surface area contributed by atoms with E-state index in [4.69, 9.17) is 9.15 Å². The zero-order chi connectivity index (χ0) is 22.1. The van der Waals surface area contributed by atoms with Gasteiger partial charge in [-0.3, -0.25) is 19.9 Å². The highest BCUT2D eigenvalue weighted by Gasteiger charge is 2.28. The number of nitro groups is 1. The zero-order valence-electron chi connectivity index (χ0n) is 16.9. The van der Waals surface area contributed by atoms with Crippen LogP contribution >= 0.6 is 0 Å². The van der Waals surface area contributed by atoms with Crippen LogP contribution in [0.25, 0.3) is 0 Å². The Labute approximate surface area is 178 Å². The number of esters is 1. The first-order chi connectivity index (χ1) is 15.1. The Kier molecular flexibility index (Phi) is 7.46. The Morgan fingerprint density at radius 2 is 2.10 bits per heavy atom. The molecule has 0 unspecified atom stereocenters. The van der Waals surface area contributed by atoms with Gasteiger partial charge in [0.25, 0.3) is 0 Å². The number of carbonyl (C=O) groups is 1. The van der Waals surface area contributed by atoms with Crippen LogP contribution in [0.1, 0.15) is 24.7 Å². The van der Waals surface area contributed by atoms with Crippen LogP contribution in [0.3, 0.4) is 0 Å². The van der Waals surface area contributed by atoms with Crippen molar-refractivity contribution in [1.82, 2.24) is 15.0 Å². The largest absolute Gasteiger partial charge is 0.467 e. The first-order valence-electron chi connectivity index (χ1n) is 9.63. The van der Waals surface area contributed by atoms with Gasteiger partial charge in [-0.1, -0.05) is 0 Å². The van der Waals surface area contributed by atoms with Crippen molar-refractivity contribution < 1.29 is 18.9 Å². The molecular formula is C20H22N6O5. The highest BCUT2D eigenvalue weighted by atomic mass is 16.6. The summed E-state index contributed by atoms with van der Waals surface area (Å²) in [5.41, 5.74) is 0.603. The summed E-state index contributed by atoms with van der Waals surface area (Å²) in [6.45, 7) is 2.64. The molecule has 0 aromatic carbocycles. The predicted molar refractivity (Wildman–Crippen MR) is 111 cm³/mol. The quantitative estimate of drug-likeness (QED) is 0.277. The summed E-state index contributed by atoms with van der Waals surface area (Å²) in [5, 5.41) is 14.9. The molecule has 3 aromatic rings. The fourth-order valence-corrected chi connectivity index (χ4v) is 2.89. The number of carbonyl (C=O) groups excluding carboxylic acids is 1. The average Bonchev–Trinajstić information content (AvgIpc) is 3.29. The summed E-state index contributed by atoms with van der Waals surface area (Å²) in [4.78, 5) is 37.0. The van der Waals surface area contributed by atoms with Crippen molar-refractivity contribution in [3.8, 4) is 0 Å². The molecule has 1 N–H and O–H groups in total. The molecular weight excluding hydrogens is 404 g/mol. The summed E-state index contributed by atoms with van der Waals surface area (Å²) in [6, 6.07) is 7.05. The number of hydrogen-bond acceptors (Lipinski definition) is 10. The normalized spacial score (nSPS) is 10.5. The summed E-state index contributed by atoms with van der Waals surface area (Å²) in [7, 11) is 0. The second-order valence-electron chi connectivity index (χ2n) is 6.42. The molecule has 0 spiro atoms. The van der Waals surface area contributed by atoms with Crippen LogP contribution in [0, 0.1) is 10.1 Å². The molecule has 0 aliphatic carbocycles. The first-order valence-corrected chi connectivity index (χ1v) is 9.63. The van der Waals surface area contributed by atoms with Crippen LogP contribution in [0.15, 0.2) is 53.7 Å². The molecule has 11 nitrogen and oxygen atoms in total. The molecule has 0 aliphatic rings. The summed E-state index contributed by atoms with van der Waals surface area (Å²) >= 11 is 0. The summed E-state index contributed by atoms with van der Waals surface area (Å²) in [6.07, 6.45) is 6.07. The number of hydrogen-bond donors (Lipinski definition) is 1. The van der Waals surface area contributed by atoms with E-state index in [0.29, 0.717) is 12.3 Å². The molecule has 0 aliphatic heterocycles. The Hall–Kier alpha value is -4.02. The highest BCUT2D eigenvalue weighted by molar-refractivity contribution is 5.73. The van der Waals surface area contributed by atoms with Gasteiger partial charge in [0, 0.05) is 25.5 Å². The van der Waals surface area contributed by atoms with Crippen molar-refractivity contribution in [2.45, 2.75) is 26.4 Å². The number of pyridine rings is 1. The third-order valence-electron chi connectivity index (χ3n) is 4.31. The van der Waals surface area contributed by atoms with Crippen molar-refractivity contribution >= 4 is 23.3 Å². The van der Waals surface area contributed by atoms with Gasteiger partial charge in [0.2, 0.25) is 11.6 Å². The summed E-state index contributed by atoms with van der Waals surface area (Å²) in [5.74, 6) is 0.327. The maximum Gasteiger partial charge on any atom is 0.353 e. The number of furan rings is 1. The maximum atomic E-state index is 11.9. The van der Waals surface area contributed by atoms with Gasteiger partial charge in [0.1, 0.15) is 12.1 Å². The van der Waals surface area contributed by atoms with E-state index in [1.165, 1.54) is 12.6 Å². The molecule has 0 fully saturated rings. The minimum Gasteiger partial charge on any atom is -0.467 e. The van der Waals surface area contributed by atoms with E-state index in [-0.39, 0.29) is 43.4 Å². The van der Waals surface area contributed by atoms with Crippen molar-refractivity contribution in [2.24, 2.45) is 0 Å². The monoisotopic (exact) mass is 426 g/mol. The SMILES string of the molecule is CCOC(=O)CCN(Cc1ccco1)c1ncnc(NCc2ccncc2)c1[N+](=O)[O-]. The number of anilines is 2. The van der Waals surface area contributed by atoms with Gasteiger partial charge in [-0.05, 0) is 36.8 Å². The predicted octanol–water partition coefficient (Wildman–Crippen LogP) is 2.94. The Bertz CT molecular complexity index is 997. The van der Waals surface area contributed by atoms with Crippen LogP contribution in [-0.2, 0) is 22.6 Å². The molecule has 0 bridgehead atoms. The third-order valence-corrected chi connectivity index (χ3v) is 4.31. The molecule has 0 saturated heterocycles. The molecule has 3 aromatic heterocycles. The topological polar surface area (TPSA) is 137 Å². The van der Waals surface area contributed by atoms with E-state index < -0.39 is 10.9 Å². The number of nitrogens with zero attached hydrogens (tertiary/aromatic N) is 5. The number of nitrogens with one attached hydrogen (secondary N) is 1. The second kappa shape index (κ2) is 10.7. The smallest absolute Gasteiger partial charge is 0.353 e. The maximum absolute atomic E-state index is 11.9. The minimum absolute atomic E-state index is 0.0372. The van der Waals surface area contributed by atoms with Crippen molar-refractivity contribution in [2.75, 3.05) is 23.4 Å². The van der Waals surface area contributed by atoms with E-state index in [2.05, 4.69) is 20.3 Å². The fraction of sp³-hybridized carbons (Fsp3) is 0.300. The van der Waals surface area contributed by atoms with Crippen LogP contribution < -0.4 is 10.2 Å². The zero-order valence-corrected chi connectivity index (χ0v) is 16.9. The van der Waals surface area contributed by atoms with Crippen LogP contribution in [0.5, 0.6) is 0 Å². The Morgan fingerprint density at radius 3 is 2.77 bits per heavy atom. The van der Waals surface area contributed by atoms with E-state index in [1.54, 1.807) is 48.5 Å². The molecule has 3 heterocycles. The van der Waals surface area contributed by atoms with Gasteiger partial charge in [0.15, 0.2) is 0 Å². The van der Waals surface area contributed by atoms with Gasteiger partial charge < -0.3 is 19.4 Å². The Morgan fingerprint density at radius 1 is 1.29 bits per heavy atom. The number of aromatic nitrogens is 3. The van der Waals surface area contributed by atoms with Gasteiger partial charge in [-0.25, -0.2) is 9.97 Å². The summed E-state index contributed by atoms with van der Waals surface area (Å²) < 4.78 is 10.4. The lowest BCUT2D eigenvalue weighted by Crippen LogP contribution is -2.28. The lowest BCUT2D eigenvalue weighted by atomic mass is 10.2. The molecule has 162 valence electrons. The number of ether oxygens (including phenoxy) is 1. The standard InChI is InChI=1S/C20H22N6O5/c1-2-30-17(27)7-10-25(13-16-4-3-11-31-16)20-18(26(28)29)19(23-14-24-20)22-12-15-5-8-21-9-6-15/h3-6,8-9,11,14H,2,7,10,12-13H2,1H3,(H,22,23,24). The van der Waals surface area contributed by atoms with Crippen LogP contribution in [0.4, 0.5) is 17.3 Å². The molecule has 0 saturated carbocycles. The van der Waals surface area contributed by atoms with Gasteiger partial charge >= 0.3 is 11.7 Å². The van der Waals surface area contributed by atoms with E-state index >= 15 is 0 Å². The van der Waals surface area contributed by atoms with Crippen molar-refractivity contribution in [3.05, 3.63) is 70.7 Å². The minimum atomic E-state index is -0.538. The van der Waals surface area contributed by atoms with Gasteiger partial charge in [-0.15, -0.1) is 0 Å². The lowest BCUT2D eigenvalue weighted by molar-refractivity contribution is -0.383. The van der Waals surface area contributed by atoms with E-state index in [9.17, 15) is 14.9 Å². The van der Waals surface area contributed by atoms with Crippen LogP contribution in [-0.4, -0.2) is 39.0 Å². The molecule has 0 atom stereocenters. The molecule has 11 heteroatoms. The van der Waals surface area contributed by atoms with Crippen LogP contribution in [0.2, 0.25) is 0 Å². The average molecular weight is 426 g/mol. The number of rotatable bonds is 11. The highest BCUT2D eigenvalue weighted by Crippen LogP contribution is 2.33. The van der Waals surface area contributed by atoms with Gasteiger partial charge in [-0.2, -0.15) is 0 Å². The molecule has 3 rings (SSSR count). The van der Waals surface area contributed by atoms with Crippen molar-refractivity contribution in [3.63, 3.8) is 0 Å². The fourth-order valence-electron chi connectivity index (χ4n) is 2.89. The molecule has 0 amide bonds. The third kappa shape index (κ3) is 5.98. The molecule has 31 heavy (non-hydrogen) atoms. The Balaban J connectivity index is 1.88. The molecule has 0 radical (unpaired) electrons. The van der Waals surface area contributed by atoms with Crippen molar-refractivity contribution in [1.29, 1.82) is 0 Å². The second-order valence-corrected chi connectivity index (χ2v) is 6.42. The van der Waals surface area contributed by atoms with Gasteiger partial charge in [0.05, 0.1) is 30.8 Å². The first kappa shape index (κ1) is 21.7. The lowest BCUT2D eigenvalue weighted by Gasteiger charge is -2.22. The van der Waals surface area contributed by atoms with E-state index in [0.717, 1.165) is 5.56 Å².